The number of carbonyl (C=O) groups excluding carboxylic acids is 1. The molecule has 1 atom stereocenters. The summed E-state index contributed by atoms with van der Waals surface area (Å²) in [6.45, 7) is 1.92. The maximum absolute atomic E-state index is 13.0. The number of pyridine rings is 1. The van der Waals surface area contributed by atoms with Crippen LogP contribution in [0.1, 0.15) is 42.0 Å². The van der Waals surface area contributed by atoms with Gasteiger partial charge in [0.2, 0.25) is 5.91 Å². The first kappa shape index (κ1) is 21.0. The van der Waals surface area contributed by atoms with Crippen molar-refractivity contribution >= 4 is 44.4 Å². The summed E-state index contributed by atoms with van der Waals surface area (Å²) in [6.07, 6.45) is -0.127. The number of halogens is 1. The number of fused-ring (bicyclic) bond motifs is 1. The first-order valence-electron chi connectivity index (χ1n) is 9.83. The van der Waals surface area contributed by atoms with Crippen LogP contribution in [0.3, 0.4) is 0 Å². The van der Waals surface area contributed by atoms with E-state index in [-0.39, 0.29) is 18.4 Å². The first-order valence-corrected chi connectivity index (χ1v) is 10.6. The number of aromatic amines is 1. The summed E-state index contributed by atoms with van der Waals surface area (Å²) in [5, 5.41) is 15.6. The summed E-state index contributed by atoms with van der Waals surface area (Å²) in [6, 6.07) is 14.5. The number of rotatable bonds is 5. The molecule has 7 nitrogen and oxygen atoms in total. The van der Waals surface area contributed by atoms with E-state index >= 15 is 0 Å². The van der Waals surface area contributed by atoms with Crippen molar-refractivity contribution in [2.75, 3.05) is 0 Å². The fourth-order valence-electron chi connectivity index (χ4n) is 3.80. The lowest BCUT2D eigenvalue weighted by Crippen LogP contribution is -2.31. The van der Waals surface area contributed by atoms with Crippen LogP contribution in [0.4, 0.5) is 0 Å². The Bertz CT molecular complexity index is 1280. The number of benzene rings is 2. The van der Waals surface area contributed by atoms with Crippen LogP contribution >= 0.6 is 15.9 Å². The number of carboxylic acids is 1. The monoisotopic (exact) mass is 481 g/mol. The number of hydrazone groups is 1. The molecule has 2 heterocycles. The second-order valence-corrected chi connectivity index (χ2v) is 8.42. The van der Waals surface area contributed by atoms with E-state index in [0.29, 0.717) is 17.7 Å². The molecule has 1 unspecified atom stereocenters. The number of para-hydroxylation sites is 1. The minimum Gasteiger partial charge on any atom is -0.481 e. The molecule has 4 rings (SSSR count). The van der Waals surface area contributed by atoms with Crippen LogP contribution in [0.15, 0.2) is 62.9 Å². The van der Waals surface area contributed by atoms with Crippen molar-refractivity contribution in [1.29, 1.82) is 0 Å². The maximum atomic E-state index is 13.0. The minimum atomic E-state index is -1.06. The molecule has 0 bridgehead atoms. The van der Waals surface area contributed by atoms with Gasteiger partial charge in [-0.3, -0.25) is 14.4 Å². The Balaban J connectivity index is 1.77. The highest BCUT2D eigenvalue weighted by molar-refractivity contribution is 9.10. The standard InChI is InChI=1S/C23H20BrN3O4/c1-13-4-2-6-15-11-17(23(31)25-22(13)15)19-12-18(14-5-3-7-16(24)10-14)26-27(19)20(28)8-9-21(29)30/h2-7,10-11,19H,8-9,12H2,1H3,(H,25,31)(H,29,30). The van der Waals surface area contributed by atoms with Gasteiger partial charge >= 0.3 is 5.97 Å². The lowest BCUT2D eigenvalue weighted by molar-refractivity contribution is -0.141. The highest BCUT2D eigenvalue weighted by Crippen LogP contribution is 2.33. The maximum Gasteiger partial charge on any atom is 0.303 e. The Labute approximate surface area is 186 Å². The molecular weight excluding hydrogens is 462 g/mol. The van der Waals surface area contributed by atoms with Gasteiger partial charge in [0.05, 0.1) is 23.7 Å². The van der Waals surface area contributed by atoms with Gasteiger partial charge in [-0.1, -0.05) is 46.3 Å². The quantitative estimate of drug-likeness (QED) is 0.571. The molecule has 1 aliphatic rings. The van der Waals surface area contributed by atoms with E-state index in [9.17, 15) is 14.4 Å². The van der Waals surface area contributed by atoms with E-state index in [1.54, 1.807) is 6.07 Å². The van der Waals surface area contributed by atoms with Crippen LogP contribution < -0.4 is 5.56 Å². The summed E-state index contributed by atoms with van der Waals surface area (Å²) in [7, 11) is 0. The van der Waals surface area contributed by atoms with Crippen molar-refractivity contribution in [3.8, 4) is 0 Å². The molecule has 31 heavy (non-hydrogen) atoms. The minimum absolute atomic E-state index is 0.189. The molecule has 3 aromatic rings. The molecular formula is C23H20BrN3O4. The lowest BCUT2D eigenvalue weighted by atomic mass is 9.97. The third-order valence-corrected chi connectivity index (χ3v) is 5.85. The molecule has 0 spiro atoms. The number of nitrogens with zero attached hydrogens (tertiary/aromatic N) is 2. The van der Waals surface area contributed by atoms with E-state index in [1.807, 2.05) is 49.4 Å². The molecule has 0 aliphatic carbocycles. The Hall–Kier alpha value is -3.26. The molecule has 0 fully saturated rings. The molecule has 1 aromatic heterocycles. The Kier molecular flexibility index (Phi) is 5.73. The lowest BCUT2D eigenvalue weighted by Gasteiger charge is -2.21. The number of aromatic nitrogens is 1. The van der Waals surface area contributed by atoms with Crippen LogP contribution in [0.5, 0.6) is 0 Å². The van der Waals surface area contributed by atoms with Gasteiger partial charge in [0.25, 0.3) is 5.56 Å². The van der Waals surface area contributed by atoms with Crippen LogP contribution in [-0.4, -0.2) is 32.7 Å². The average molecular weight is 482 g/mol. The van der Waals surface area contributed by atoms with Crippen molar-refractivity contribution in [3.63, 3.8) is 0 Å². The highest BCUT2D eigenvalue weighted by Gasteiger charge is 2.35. The van der Waals surface area contributed by atoms with Crippen molar-refractivity contribution in [2.45, 2.75) is 32.2 Å². The molecule has 0 radical (unpaired) electrons. The van der Waals surface area contributed by atoms with Gasteiger partial charge in [-0.05, 0) is 41.6 Å². The summed E-state index contributed by atoms with van der Waals surface area (Å²) in [5.41, 5.74) is 3.35. The number of aryl methyl sites for hydroxylation is 1. The third kappa shape index (κ3) is 4.29. The van der Waals surface area contributed by atoms with Crippen molar-refractivity contribution in [3.05, 3.63) is 80.0 Å². The topological polar surface area (TPSA) is 103 Å². The number of hydrogen-bond acceptors (Lipinski definition) is 4. The molecule has 0 saturated carbocycles. The number of H-pyrrole nitrogens is 1. The summed E-state index contributed by atoms with van der Waals surface area (Å²) in [4.78, 5) is 39.7. The molecule has 2 aromatic carbocycles. The Morgan fingerprint density at radius 2 is 1.97 bits per heavy atom. The normalized spacial score (nSPS) is 15.9. The van der Waals surface area contributed by atoms with Crippen molar-refractivity contribution in [2.24, 2.45) is 5.10 Å². The van der Waals surface area contributed by atoms with E-state index < -0.39 is 17.9 Å². The predicted octanol–water partition coefficient (Wildman–Crippen LogP) is 4.14. The van der Waals surface area contributed by atoms with Crippen molar-refractivity contribution < 1.29 is 14.7 Å². The number of aliphatic carboxylic acids is 1. The number of carbonyl (C=O) groups is 2. The van der Waals surface area contributed by atoms with Gasteiger partial charge in [-0.2, -0.15) is 5.10 Å². The number of amides is 1. The second-order valence-electron chi connectivity index (χ2n) is 7.50. The summed E-state index contributed by atoms with van der Waals surface area (Å²) in [5.74, 6) is -1.49. The van der Waals surface area contributed by atoms with Crippen LogP contribution in [0.25, 0.3) is 10.9 Å². The first-order chi connectivity index (χ1) is 14.8. The number of carboxylic acid groups (broad SMARTS) is 1. The fourth-order valence-corrected chi connectivity index (χ4v) is 4.20. The molecule has 1 aliphatic heterocycles. The smallest absolute Gasteiger partial charge is 0.303 e. The molecule has 0 saturated heterocycles. The second kappa shape index (κ2) is 8.47. The molecule has 1 amide bonds. The summed E-state index contributed by atoms with van der Waals surface area (Å²) < 4.78 is 0.874. The zero-order valence-electron chi connectivity index (χ0n) is 16.8. The van der Waals surface area contributed by atoms with Gasteiger partial charge in [0.15, 0.2) is 0 Å². The average Bonchev–Trinajstić information content (AvgIpc) is 3.17. The Morgan fingerprint density at radius 3 is 2.71 bits per heavy atom. The fraction of sp³-hybridized carbons (Fsp3) is 0.217. The van der Waals surface area contributed by atoms with Crippen molar-refractivity contribution in [1.82, 2.24) is 9.99 Å². The van der Waals surface area contributed by atoms with E-state index in [1.165, 1.54) is 5.01 Å². The molecule has 158 valence electrons. The Morgan fingerprint density at radius 1 is 1.19 bits per heavy atom. The summed E-state index contributed by atoms with van der Waals surface area (Å²) >= 11 is 3.44. The molecule has 8 heteroatoms. The molecule has 2 N–H and O–H groups in total. The SMILES string of the molecule is Cc1cccc2cc(C3CC(c4cccc(Br)c4)=NN3C(=O)CCC(=O)O)c(=O)[nH]c12. The van der Waals surface area contributed by atoms with E-state index in [4.69, 9.17) is 5.11 Å². The number of hydrogen-bond donors (Lipinski definition) is 2. The van der Waals surface area contributed by atoms with Gasteiger partial charge < -0.3 is 10.1 Å². The third-order valence-electron chi connectivity index (χ3n) is 5.35. The highest BCUT2D eigenvalue weighted by atomic mass is 79.9. The van der Waals surface area contributed by atoms with E-state index in [2.05, 4.69) is 26.0 Å². The van der Waals surface area contributed by atoms with E-state index in [0.717, 1.165) is 26.5 Å². The largest absolute Gasteiger partial charge is 0.481 e. The zero-order chi connectivity index (χ0) is 22.1. The van der Waals surface area contributed by atoms with Gasteiger partial charge in [0, 0.05) is 22.9 Å². The predicted molar refractivity (Wildman–Crippen MR) is 121 cm³/mol. The van der Waals surface area contributed by atoms with Crippen LogP contribution in [0.2, 0.25) is 0 Å². The van der Waals surface area contributed by atoms with Gasteiger partial charge in [-0.15, -0.1) is 0 Å². The number of nitrogens with one attached hydrogen (secondary N) is 1. The van der Waals surface area contributed by atoms with Crippen LogP contribution in [0, 0.1) is 6.92 Å². The van der Waals surface area contributed by atoms with Gasteiger partial charge in [-0.25, -0.2) is 5.01 Å². The van der Waals surface area contributed by atoms with Crippen LogP contribution in [-0.2, 0) is 9.59 Å². The van der Waals surface area contributed by atoms with Gasteiger partial charge in [0.1, 0.15) is 0 Å². The zero-order valence-corrected chi connectivity index (χ0v) is 18.3.